The molecule has 0 amide bonds. The summed E-state index contributed by atoms with van der Waals surface area (Å²) in [5.74, 6) is 1.32. The van der Waals surface area contributed by atoms with E-state index in [4.69, 9.17) is 4.74 Å². The van der Waals surface area contributed by atoms with E-state index in [1.165, 1.54) is 0 Å². The molecule has 4 nitrogen and oxygen atoms in total. The molecular formula is C12H20BrN3O. The first kappa shape index (κ1) is 14.2. The Morgan fingerprint density at radius 3 is 2.59 bits per heavy atom. The molecule has 1 rings (SSSR count). The summed E-state index contributed by atoms with van der Waals surface area (Å²) >= 11 is 3.51. The van der Waals surface area contributed by atoms with E-state index in [1.54, 1.807) is 0 Å². The summed E-state index contributed by atoms with van der Waals surface area (Å²) in [5.41, 5.74) is 0.868. The smallest absolute Gasteiger partial charge is 0.229 e. The molecule has 0 aliphatic heterocycles. The first-order chi connectivity index (χ1) is 7.90. The van der Waals surface area contributed by atoms with Gasteiger partial charge in [0.05, 0.1) is 6.61 Å². The number of alkyl halides is 1. The summed E-state index contributed by atoms with van der Waals surface area (Å²) in [6.07, 6.45) is 0. The van der Waals surface area contributed by atoms with Gasteiger partial charge in [-0.1, -0.05) is 15.9 Å². The normalized spacial score (nSPS) is 11.4. The number of hydrogen-bond acceptors (Lipinski definition) is 4. The molecular weight excluding hydrogens is 282 g/mol. The summed E-state index contributed by atoms with van der Waals surface area (Å²) in [7, 11) is 1.99. The van der Waals surface area contributed by atoms with Crippen LogP contribution in [0.5, 0.6) is 5.88 Å². The highest BCUT2D eigenvalue weighted by Crippen LogP contribution is 2.22. The van der Waals surface area contributed by atoms with Crippen molar-refractivity contribution in [3.63, 3.8) is 0 Å². The number of rotatable bonds is 5. The lowest BCUT2D eigenvalue weighted by Crippen LogP contribution is -2.43. The molecule has 0 atom stereocenters. The van der Waals surface area contributed by atoms with Crippen molar-refractivity contribution in [2.75, 3.05) is 23.9 Å². The predicted octanol–water partition coefficient (Wildman–Crippen LogP) is 2.79. The molecule has 0 N–H and O–H groups in total. The van der Waals surface area contributed by atoms with Crippen LogP contribution in [-0.2, 0) is 0 Å². The Morgan fingerprint density at radius 1 is 1.41 bits per heavy atom. The first-order valence-corrected chi connectivity index (χ1v) is 6.81. The number of anilines is 1. The Bertz CT molecular complexity index is 382. The summed E-state index contributed by atoms with van der Waals surface area (Å²) in [6, 6.07) is 1.85. The van der Waals surface area contributed by atoms with Crippen LogP contribution in [-0.4, -0.2) is 34.5 Å². The monoisotopic (exact) mass is 301 g/mol. The van der Waals surface area contributed by atoms with Gasteiger partial charge in [0.25, 0.3) is 0 Å². The van der Waals surface area contributed by atoms with E-state index < -0.39 is 0 Å². The van der Waals surface area contributed by atoms with Crippen LogP contribution in [0.2, 0.25) is 0 Å². The second kappa shape index (κ2) is 5.67. The van der Waals surface area contributed by atoms with Crippen molar-refractivity contribution in [2.45, 2.75) is 33.2 Å². The molecule has 0 saturated carbocycles. The Kier molecular flexibility index (Phi) is 4.74. The van der Waals surface area contributed by atoms with Gasteiger partial charge in [0.2, 0.25) is 11.8 Å². The Labute approximate surface area is 112 Å². The van der Waals surface area contributed by atoms with Crippen LogP contribution < -0.4 is 9.64 Å². The minimum Gasteiger partial charge on any atom is -0.478 e. The second-order valence-corrected chi connectivity index (χ2v) is 5.15. The number of aromatic nitrogens is 2. The first-order valence-electron chi connectivity index (χ1n) is 5.69. The molecule has 17 heavy (non-hydrogen) atoms. The Hall–Kier alpha value is -0.840. The van der Waals surface area contributed by atoms with Gasteiger partial charge in [-0.2, -0.15) is 4.98 Å². The van der Waals surface area contributed by atoms with Crippen molar-refractivity contribution < 1.29 is 4.74 Å². The highest BCUT2D eigenvalue weighted by atomic mass is 79.9. The van der Waals surface area contributed by atoms with Crippen molar-refractivity contribution >= 4 is 21.9 Å². The zero-order valence-corrected chi connectivity index (χ0v) is 12.7. The van der Waals surface area contributed by atoms with E-state index >= 15 is 0 Å². The lowest BCUT2D eigenvalue weighted by Gasteiger charge is -2.34. The van der Waals surface area contributed by atoms with Gasteiger partial charge in [-0.15, -0.1) is 0 Å². The zero-order valence-electron chi connectivity index (χ0n) is 11.1. The summed E-state index contributed by atoms with van der Waals surface area (Å²) in [6.45, 7) is 8.77. The number of ether oxygens (including phenoxy) is 1. The molecule has 1 aromatic rings. The van der Waals surface area contributed by atoms with Crippen LogP contribution in [0.1, 0.15) is 26.5 Å². The number of nitrogens with zero attached hydrogens (tertiary/aromatic N) is 3. The topological polar surface area (TPSA) is 38.2 Å². The van der Waals surface area contributed by atoms with E-state index in [1.807, 2.05) is 27.0 Å². The molecule has 0 radical (unpaired) electrons. The fraction of sp³-hybridized carbons (Fsp3) is 0.667. The van der Waals surface area contributed by atoms with Crippen molar-refractivity contribution in [1.29, 1.82) is 0 Å². The van der Waals surface area contributed by atoms with E-state index in [0.29, 0.717) is 18.4 Å². The molecule has 0 spiro atoms. The summed E-state index contributed by atoms with van der Waals surface area (Å²) in [5, 5.41) is 0.845. The van der Waals surface area contributed by atoms with Crippen LogP contribution in [0.3, 0.4) is 0 Å². The van der Waals surface area contributed by atoms with Gasteiger partial charge in [0, 0.05) is 29.7 Å². The predicted molar refractivity (Wildman–Crippen MR) is 74.2 cm³/mol. The highest BCUT2D eigenvalue weighted by molar-refractivity contribution is 9.09. The molecule has 0 bridgehead atoms. The molecule has 1 aromatic heterocycles. The molecule has 0 saturated heterocycles. The van der Waals surface area contributed by atoms with E-state index in [0.717, 1.165) is 11.0 Å². The van der Waals surface area contributed by atoms with E-state index in [2.05, 4.69) is 44.6 Å². The highest BCUT2D eigenvalue weighted by Gasteiger charge is 2.24. The standard InChI is InChI=1S/C12H20BrN3O/c1-6-17-10-7-9(2)14-11(15-10)16(5)12(3,4)8-13/h7H,6,8H2,1-5H3. The third-order valence-electron chi connectivity index (χ3n) is 2.65. The molecule has 1 heterocycles. The van der Waals surface area contributed by atoms with Crippen LogP contribution in [0.4, 0.5) is 5.95 Å². The maximum atomic E-state index is 5.43. The summed E-state index contributed by atoms with van der Waals surface area (Å²) < 4.78 is 5.43. The molecule has 0 aliphatic carbocycles. The van der Waals surface area contributed by atoms with Crippen molar-refractivity contribution in [3.8, 4) is 5.88 Å². The van der Waals surface area contributed by atoms with E-state index in [9.17, 15) is 0 Å². The fourth-order valence-corrected chi connectivity index (χ4v) is 1.63. The van der Waals surface area contributed by atoms with Crippen molar-refractivity contribution in [1.82, 2.24) is 9.97 Å². The third kappa shape index (κ3) is 3.56. The Balaban J connectivity index is 3.05. The third-order valence-corrected chi connectivity index (χ3v) is 4.02. The van der Waals surface area contributed by atoms with Crippen LogP contribution in [0.15, 0.2) is 6.07 Å². The van der Waals surface area contributed by atoms with Gasteiger partial charge in [-0.25, -0.2) is 4.98 Å². The quantitative estimate of drug-likeness (QED) is 0.784. The number of halogens is 1. The minimum absolute atomic E-state index is 0.0444. The van der Waals surface area contributed by atoms with Gasteiger partial charge in [0.1, 0.15) is 0 Å². The summed E-state index contributed by atoms with van der Waals surface area (Å²) in [4.78, 5) is 10.9. The van der Waals surface area contributed by atoms with Crippen LogP contribution >= 0.6 is 15.9 Å². The Morgan fingerprint density at radius 2 is 2.06 bits per heavy atom. The average molecular weight is 302 g/mol. The average Bonchev–Trinajstić information content (AvgIpc) is 2.27. The zero-order chi connectivity index (χ0) is 13.1. The van der Waals surface area contributed by atoms with Crippen molar-refractivity contribution in [3.05, 3.63) is 11.8 Å². The molecule has 0 unspecified atom stereocenters. The van der Waals surface area contributed by atoms with Crippen LogP contribution in [0, 0.1) is 6.92 Å². The number of hydrogen-bond donors (Lipinski definition) is 0. The molecule has 5 heteroatoms. The van der Waals surface area contributed by atoms with Gasteiger partial charge in [0.15, 0.2) is 0 Å². The van der Waals surface area contributed by atoms with Gasteiger partial charge in [-0.3, -0.25) is 0 Å². The maximum Gasteiger partial charge on any atom is 0.229 e. The molecule has 96 valence electrons. The molecule has 0 aliphatic rings. The van der Waals surface area contributed by atoms with Crippen molar-refractivity contribution in [2.24, 2.45) is 0 Å². The van der Waals surface area contributed by atoms with Gasteiger partial charge < -0.3 is 9.64 Å². The SMILES string of the molecule is CCOc1cc(C)nc(N(C)C(C)(C)CBr)n1. The van der Waals surface area contributed by atoms with Gasteiger partial charge in [-0.05, 0) is 27.7 Å². The lowest BCUT2D eigenvalue weighted by atomic mass is 10.1. The molecule has 0 fully saturated rings. The maximum absolute atomic E-state index is 5.43. The molecule has 0 aromatic carbocycles. The second-order valence-electron chi connectivity index (χ2n) is 4.59. The largest absolute Gasteiger partial charge is 0.478 e. The fourth-order valence-electron chi connectivity index (χ4n) is 1.26. The minimum atomic E-state index is -0.0444. The van der Waals surface area contributed by atoms with Crippen LogP contribution in [0.25, 0.3) is 0 Å². The lowest BCUT2D eigenvalue weighted by molar-refractivity contribution is 0.325. The van der Waals surface area contributed by atoms with Gasteiger partial charge >= 0.3 is 0 Å². The van der Waals surface area contributed by atoms with E-state index in [-0.39, 0.29) is 5.54 Å². The number of aryl methyl sites for hydroxylation is 1.